The number of amidine groups is 1. The zero-order valence-corrected chi connectivity index (χ0v) is 17.3. The van der Waals surface area contributed by atoms with Gasteiger partial charge in [-0.2, -0.15) is 0 Å². The lowest BCUT2D eigenvalue weighted by Gasteiger charge is -2.41. The third kappa shape index (κ3) is 4.69. The van der Waals surface area contributed by atoms with Crippen molar-refractivity contribution in [2.24, 2.45) is 10.9 Å². The Bertz CT molecular complexity index is 599. The first-order valence-corrected chi connectivity index (χ1v) is 9.67. The van der Waals surface area contributed by atoms with Crippen LogP contribution in [-0.4, -0.2) is 59.1 Å². The SMILES string of the molecule is C=CCO[C@H]1[C@H](C)[C@@H](C(=C)C)O[C@@H]2SC(N(C)C(=O)OC(C)(C)C)=N[C@H]12. The molecule has 7 heteroatoms. The first kappa shape index (κ1) is 21.0. The summed E-state index contributed by atoms with van der Waals surface area (Å²) in [7, 11) is 1.66. The van der Waals surface area contributed by atoms with E-state index in [-0.39, 0.29) is 29.6 Å². The fourth-order valence-electron chi connectivity index (χ4n) is 3.05. The van der Waals surface area contributed by atoms with Gasteiger partial charge in [0.15, 0.2) is 5.17 Å². The molecule has 26 heavy (non-hydrogen) atoms. The molecule has 146 valence electrons. The van der Waals surface area contributed by atoms with Crippen molar-refractivity contribution in [1.29, 1.82) is 0 Å². The Morgan fingerprint density at radius 2 is 2.12 bits per heavy atom. The Morgan fingerprint density at radius 1 is 1.46 bits per heavy atom. The topological polar surface area (TPSA) is 60.4 Å². The van der Waals surface area contributed by atoms with Crippen molar-refractivity contribution in [3.63, 3.8) is 0 Å². The van der Waals surface area contributed by atoms with E-state index in [0.717, 1.165) is 5.57 Å². The first-order valence-electron chi connectivity index (χ1n) is 8.79. The fourth-order valence-corrected chi connectivity index (χ4v) is 4.20. The van der Waals surface area contributed by atoms with E-state index in [2.05, 4.69) is 20.1 Å². The van der Waals surface area contributed by atoms with Crippen molar-refractivity contribution in [2.45, 2.75) is 63.9 Å². The van der Waals surface area contributed by atoms with Crippen molar-refractivity contribution >= 4 is 23.0 Å². The van der Waals surface area contributed by atoms with Crippen LogP contribution in [0.1, 0.15) is 34.6 Å². The molecule has 2 rings (SSSR count). The summed E-state index contributed by atoms with van der Waals surface area (Å²) in [6.07, 6.45) is 1.05. The van der Waals surface area contributed by atoms with E-state index in [4.69, 9.17) is 19.2 Å². The van der Waals surface area contributed by atoms with Gasteiger partial charge in [-0.3, -0.25) is 9.89 Å². The zero-order chi connectivity index (χ0) is 19.6. The number of amides is 1. The molecule has 1 amide bonds. The van der Waals surface area contributed by atoms with Gasteiger partial charge in [-0.25, -0.2) is 4.79 Å². The summed E-state index contributed by atoms with van der Waals surface area (Å²) >= 11 is 1.42. The maximum absolute atomic E-state index is 12.4. The molecule has 0 aromatic heterocycles. The van der Waals surface area contributed by atoms with Crippen molar-refractivity contribution in [1.82, 2.24) is 4.90 Å². The highest BCUT2D eigenvalue weighted by atomic mass is 32.2. The number of rotatable bonds is 4. The molecule has 0 unspecified atom stereocenters. The lowest BCUT2D eigenvalue weighted by atomic mass is 9.87. The van der Waals surface area contributed by atoms with Crippen molar-refractivity contribution in [2.75, 3.05) is 13.7 Å². The quantitative estimate of drug-likeness (QED) is 0.692. The van der Waals surface area contributed by atoms with Crippen LogP contribution in [0.3, 0.4) is 0 Å². The maximum atomic E-state index is 12.4. The summed E-state index contributed by atoms with van der Waals surface area (Å²) < 4.78 is 17.7. The predicted molar refractivity (Wildman–Crippen MR) is 105 cm³/mol. The summed E-state index contributed by atoms with van der Waals surface area (Å²) in [5.74, 6) is 0.101. The van der Waals surface area contributed by atoms with Crippen LogP contribution in [0.2, 0.25) is 0 Å². The summed E-state index contributed by atoms with van der Waals surface area (Å²) in [5.41, 5.74) is 0.174. The molecule has 0 aromatic rings. The highest BCUT2D eigenvalue weighted by Gasteiger charge is 2.49. The van der Waals surface area contributed by atoms with Gasteiger partial charge in [-0.05, 0) is 27.7 Å². The number of fused-ring (bicyclic) bond motifs is 1. The van der Waals surface area contributed by atoms with Gasteiger partial charge in [-0.1, -0.05) is 36.9 Å². The first-order chi connectivity index (χ1) is 12.0. The van der Waals surface area contributed by atoms with Crippen LogP contribution in [0.5, 0.6) is 0 Å². The minimum atomic E-state index is -0.562. The van der Waals surface area contributed by atoms with Crippen molar-refractivity contribution < 1.29 is 19.0 Å². The van der Waals surface area contributed by atoms with Crippen LogP contribution in [0.4, 0.5) is 4.79 Å². The van der Waals surface area contributed by atoms with Gasteiger partial charge in [0.2, 0.25) is 0 Å². The molecule has 0 spiro atoms. The number of nitrogens with zero attached hydrogens (tertiary/aromatic N) is 2. The van der Waals surface area contributed by atoms with E-state index in [1.54, 1.807) is 13.1 Å². The van der Waals surface area contributed by atoms with Crippen molar-refractivity contribution in [3.8, 4) is 0 Å². The second-order valence-corrected chi connectivity index (χ2v) is 8.84. The number of thioether (sulfide) groups is 1. The lowest BCUT2D eigenvalue weighted by molar-refractivity contribution is -0.114. The van der Waals surface area contributed by atoms with Gasteiger partial charge in [0.1, 0.15) is 17.1 Å². The average molecular weight is 383 g/mol. The van der Waals surface area contributed by atoms with E-state index in [1.807, 2.05) is 27.7 Å². The molecular formula is C19H30N2O4S. The molecule has 1 saturated heterocycles. The Hall–Kier alpha value is -1.31. The van der Waals surface area contributed by atoms with Crippen LogP contribution in [0.15, 0.2) is 29.8 Å². The molecule has 2 aliphatic rings. The monoisotopic (exact) mass is 382 g/mol. The zero-order valence-electron chi connectivity index (χ0n) is 16.5. The normalized spacial score (nSPS) is 31.0. The third-order valence-corrected chi connectivity index (χ3v) is 5.43. The van der Waals surface area contributed by atoms with Crippen molar-refractivity contribution in [3.05, 3.63) is 24.8 Å². The fraction of sp³-hybridized carbons (Fsp3) is 0.684. The molecular weight excluding hydrogens is 352 g/mol. The van der Waals surface area contributed by atoms with Crippen LogP contribution < -0.4 is 0 Å². The molecule has 2 heterocycles. The van der Waals surface area contributed by atoms with Gasteiger partial charge in [0, 0.05) is 13.0 Å². The molecule has 2 aliphatic heterocycles. The van der Waals surface area contributed by atoms with Crippen LogP contribution in [0, 0.1) is 5.92 Å². The van der Waals surface area contributed by atoms with E-state index in [9.17, 15) is 4.79 Å². The predicted octanol–water partition coefficient (Wildman–Crippen LogP) is 3.83. The van der Waals surface area contributed by atoms with E-state index >= 15 is 0 Å². The number of carbonyl (C=O) groups excluding carboxylic acids is 1. The van der Waals surface area contributed by atoms with E-state index in [0.29, 0.717) is 11.8 Å². The summed E-state index contributed by atoms with van der Waals surface area (Å²) in [6.45, 7) is 17.8. The minimum absolute atomic E-state index is 0.101. The van der Waals surface area contributed by atoms with E-state index < -0.39 is 11.7 Å². The number of hydrogen-bond acceptors (Lipinski definition) is 6. The van der Waals surface area contributed by atoms with Crippen LogP contribution >= 0.6 is 11.8 Å². The second-order valence-electron chi connectivity index (χ2n) is 7.78. The molecule has 0 N–H and O–H groups in total. The standard InChI is InChI=1S/C19H30N2O4S/c1-9-10-23-15-12(4)14(11(2)3)24-16-13(15)20-17(26-16)21(8)18(22)25-19(5,6)7/h9,12-16H,1-2,10H2,3-8H3/t12-,13-,14-,15+,16-/m1/s1. The highest BCUT2D eigenvalue weighted by molar-refractivity contribution is 8.14. The summed E-state index contributed by atoms with van der Waals surface area (Å²) in [6, 6.07) is -0.189. The number of aliphatic imine (C=N–C) groups is 1. The number of carbonyl (C=O) groups is 1. The van der Waals surface area contributed by atoms with Gasteiger partial charge in [-0.15, -0.1) is 6.58 Å². The number of ether oxygens (including phenoxy) is 3. The summed E-state index contributed by atoms with van der Waals surface area (Å²) in [4.78, 5) is 18.5. The molecule has 0 bridgehead atoms. The Labute approximate surface area is 160 Å². The van der Waals surface area contributed by atoms with Gasteiger partial charge >= 0.3 is 6.09 Å². The van der Waals surface area contributed by atoms with Crippen LogP contribution in [0.25, 0.3) is 0 Å². The molecule has 0 aromatic carbocycles. The lowest BCUT2D eigenvalue weighted by Crippen LogP contribution is -2.51. The average Bonchev–Trinajstić information content (AvgIpc) is 2.94. The minimum Gasteiger partial charge on any atom is -0.443 e. The third-order valence-electron chi connectivity index (χ3n) is 4.22. The molecule has 0 saturated carbocycles. The molecule has 1 fully saturated rings. The molecule has 0 radical (unpaired) electrons. The van der Waals surface area contributed by atoms with Gasteiger partial charge in [0.05, 0.1) is 18.8 Å². The number of hydrogen-bond donors (Lipinski definition) is 0. The Balaban J connectivity index is 2.20. The van der Waals surface area contributed by atoms with E-state index in [1.165, 1.54) is 16.7 Å². The van der Waals surface area contributed by atoms with Crippen LogP contribution in [-0.2, 0) is 14.2 Å². The highest BCUT2D eigenvalue weighted by Crippen LogP contribution is 2.42. The van der Waals surface area contributed by atoms with Gasteiger partial charge < -0.3 is 14.2 Å². The maximum Gasteiger partial charge on any atom is 0.416 e. The Kier molecular flexibility index (Phi) is 6.58. The smallest absolute Gasteiger partial charge is 0.416 e. The Morgan fingerprint density at radius 3 is 2.65 bits per heavy atom. The largest absolute Gasteiger partial charge is 0.443 e. The van der Waals surface area contributed by atoms with Gasteiger partial charge in [0.25, 0.3) is 0 Å². The second kappa shape index (κ2) is 8.15. The molecule has 5 atom stereocenters. The summed E-state index contributed by atoms with van der Waals surface area (Å²) in [5, 5.41) is 0.580. The molecule has 0 aliphatic carbocycles. The molecule has 6 nitrogen and oxygen atoms in total.